The Bertz CT molecular complexity index is 1480. The number of benzene rings is 2. The first-order valence-electron chi connectivity index (χ1n) is 11.0. The third-order valence-electron chi connectivity index (χ3n) is 5.92. The molecule has 0 radical (unpaired) electrons. The molecule has 5 rings (SSSR count). The quantitative estimate of drug-likeness (QED) is 0.296. The smallest absolute Gasteiger partial charge is 0.324 e. The van der Waals surface area contributed by atoms with Gasteiger partial charge < -0.3 is 9.51 Å². The van der Waals surface area contributed by atoms with E-state index < -0.39 is 37.6 Å². The first kappa shape index (κ1) is 24.3. The van der Waals surface area contributed by atoms with Crippen molar-refractivity contribution in [3.8, 4) is 17.0 Å². The fraction of sp³-hybridized carbons (Fsp3) is 0.208. The van der Waals surface area contributed by atoms with Crippen molar-refractivity contribution in [2.75, 3.05) is 0 Å². The third-order valence-corrected chi connectivity index (χ3v) is 5.92. The largest absolute Gasteiger partial charge is 0.497 e. The second-order valence-electron chi connectivity index (χ2n) is 8.39. The number of aromatic hydroxyl groups is 1. The molecule has 0 atom stereocenters. The van der Waals surface area contributed by atoms with Gasteiger partial charge in [-0.3, -0.25) is 30.3 Å². The lowest BCUT2D eigenvalue weighted by Crippen LogP contribution is -2.02. The van der Waals surface area contributed by atoms with Crippen LogP contribution in [-0.2, 0) is 12.8 Å². The van der Waals surface area contributed by atoms with E-state index in [9.17, 15) is 30.3 Å². The van der Waals surface area contributed by atoms with Gasteiger partial charge in [0.2, 0.25) is 0 Å². The number of hydrogen-bond donors (Lipinski definition) is 1. The fourth-order valence-electron chi connectivity index (χ4n) is 4.09. The number of fused-ring (bicyclic) bond motifs is 2. The number of nitro groups is 3. The van der Waals surface area contributed by atoms with Crippen LogP contribution in [0.25, 0.3) is 16.9 Å². The van der Waals surface area contributed by atoms with E-state index in [0.717, 1.165) is 11.3 Å². The molecule has 2 heterocycles. The minimum absolute atomic E-state index is 0.447. The topological polar surface area (TPSA) is 167 Å². The van der Waals surface area contributed by atoms with Crippen molar-refractivity contribution in [2.24, 2.45) is 0 Å². The van der Waals surface area contributed by atoms with Crippen molar-refractivity contribution < 1.29 is 19.9 Å². The van der Waals surface area contributed by atoms with Crippen LogP contribution in [-0.4, -0.2) is 29.3 Å². The zero-order valence-electron chi connectivity index (χ0n) is 19.2. The highest BCUT2D eigenvalue weighted by Crippen LogP contribution is 2.39. The number of phenolic OH excluding ortho intramolecular Hbond substituents is 1. The summed E-state index contributed by atoms with van der Waals surface area (Å²) in [6.45, 7) is 2.10. The van der Waals surface area contributed by atoms with Crippen molar-refractivity contribution in [3.05, 3.63) is 102 Å². The van der Waals surface area contributed by atoms with Gasteiger partial charge >= 0.3 is 11.4 Å². The summed E-state index contributed by atoms with van der Waals surface area (Å²) in [6.07, 6.45) is 9.31. The van der Waals surface area contributed by atoms with E-state index in [4.69, 9.17) is 10.1 Å². The maximum absolute atomic E-state index is 10.4. The Hall–Kier alpha value is -4.87. The maximum atomic E-state index is 10.4. The second kappa shape index (κ2) is 9.78. The Labute approximate surface area is 203 Å². The zero-order valence-corrected chi connectivity index (χ0v) is 19.2. The molecule has 36 heavy (non-hydrogen) atoms. The van der Waals surface area contributed by atoms with E-state index in [1.807, 2.05) is 0 Å². The number of phenols is 1. The van der Waals surface area contributed by atoms with Crippen LogP contribution in [0.3, 0.4) is 0 Å². The molecule has 1 N–H and O–H groups in total. The van der Waals surface area contributed by atoms with Crippen LogP contribution in [0.4, 0.5) is 17.1 Å². The molecule has 0 amide bonds. The number of rotatable bonds is 4. The lowest BCUT2D eigenvalue weighted by molar-refractivity contribution is -0.404. The summed E-state index contributed by atoms with van der Waals surface area (Å²) < 4.78 is 2.10. The van der Waals surface area contributed by atoms with Crippen LogP contribution in [0, 0.1) is 37.3 Å². The molecule has 2 aromatic carbocycles. The molecule has 0 unspecified atom stereocenters. The van der Waals surface area contributed by atoms with Crippen molar-refractivity contribution in [1.82, 2.24) is 9.38 Å². The molecule has 12 heteroatoms. The first-order chi connectivity index (χ1) is 17.1. The van der Waals surface area contributed by atoms with Crippen molar-refractivity contribution in [2.45, 2.75) is 32.6 Å². The Kier molecular flexibility index (Phi) is 6.59. The van der Waals surface area contributed by atoms with Crippen molar-refractivity contribution in [1.29, 1.82) is 0 Å². The van der Waals surface area contributed by atoms with Crippen LogP contribution >= 0.6 is 0 Å². The van der Waals surface area contributed by atoms with E-state index in [1.165, 1.54) is 47.9 Å². The van der Waals surface area contributed by atoms with Gasteiger partial charge in [-0.25, -0.2) is 4.98 Å². The molecular formula is C24H21N5O7. The number of hydrogen-bond acceptors (Lipinski definition) is 8. The maximum Gasteiger partial charge on any atom is 0.324 e. The molecule has 0 saturated heterocycles. The van der Waals surface area contributed by atoms with Gasteiger partial charge in [-0.15, -0.1) is 0 Å². The number of imidazole rings is 1. The van der Waals surface area contributed by atoms with Gasteiger partial charge in [0.25, 0.3) is 11.4 Å². The highest BCUT2D eigenvalue weighted by Gasteiger charge is 2.30. The molecule has 12 nitrogen and oxygen atoms in total. The molecule has 0 aliphatic heterocycles. The standard InChI is InChI=1S/C18H18N2.C6H3N3O7/c1-13-8-9-20-12-17(19-18(20)10-13)16-7-6-14-4-2-3-5-15(14)11-16;10-6-4(8(13)14)1-3(7(11)12)2-5(6)9(15)16/h6-12H,2-5H2,1H3;1-2,10H. The van der Waals surface area contributed by atoms with Gasteiger partial charge in [-0.2, -0.15) is 0 Å². The third kappa shape index (κ3) is 4.97. The predicted octanol–water partition coefficient (Wildman–Crippen LogP) is 5.31. The zero-order chi connectivity index (χ0) is 26.0. The fourth-order valence-corrected chi connectivity index (χ4v) is 4.09. The summed E-state index contributed by atoms with van der Waals surface area (Å²) in [7, 11) is 0. The monoisotopic (exact) mass is 491 g/mol. The van der Waals surface area contributed by atoms with Crippen molar-refractivity contribution in [3.63, 3.8) is 0 Å². The van der Waals surface area contributed by atoms with Crippen LogP contribution in [0.1, 0.15) is 29.5 Å². The van der Waals surface area contributed by atoms with E-state index in [1.54, 1.807) is 0 Å². The van der Waals surface area contributed by atoms with Gasteiger partial charge in [0, 0.05) is 18.0 Å². The van der Waals surface area contributed by atoms with Crippen LogP contribution in [0.2, 0.25) is 0 Å². The Morgan fingerprint density at radius 3 is 2.11 bits per heavy atom. The number of non-ortho nitro benzene ring substituents is 1. The van der Waals surface area contributed by atoms with Crippen LogP contribution < -0.4 is 0 Å². The van der Waals surface area contributed by atoms with Crippen LogP contribution in [0.5, 0.6) is 5.75 Å². The molecule has 1 aliphatic carbocycles. The molecule has 0 fully saturated rings. The Morgan fingerprint density at radius 2 is 1.50 bits per heavy atom. The minimum Gasteiger partial charge on any atom is -0.497 e. The molecule has 0 spiro atoms. The number of aromatic nitrogens is 2. The average molecular weight is 491 g/mol. The highest BCUT2D eigenvalue weighted by atomic mass is 16.6. The average Bonchev–Trinajstić information content (AvgIpc) is 3.27. The molecule has 4 aromatic rings. The van der Waals surface area contributed by atoms with E-state index in [0.29, 0.717) is 12.1 Å². The summed E-state index contributed by atoms with van der Waals surface area (Å²) in [6, 6.07) is 12.0. The van der Waals surface area contributed by atoms with Gasteiger partial charge in [0.05, 0.1) is 32.6 Å². The van der Waals surface area contributed by atoms with Gasteiger partial charge in [0.1, 0.15) is 5.65 Å². The Morgan fingerprint density at radius 1 is 0.861 bits per heavy atom. The summed E-state index contributed by atoms with van der Waals surface area (Å²) in [5, 5.41) is 40.2. The molecule has 0 saturated carbocycles. The number of nitrogens with zero attached hydrogens (tertiary/aromatic N) is 5. The van der Waals surface area contributed by atoms with Crippen LogP contribution in [0.15, 0.2) is 54.9 Å². The highest BCUT2D eigenvalue weighted by molar-refractivity contribution is 5.65. The lowest BCUT2D eigenvalue weighted by Gasteiger charge is -2.15. The molecule has 184 valence electrons. The van der Waals surface area contributed by atoms with Gasteiger partial charge in [-0.05, 0) is 67.5 Å². The predicted molar refractivity (Wildman–Crippen MR) is 130 cm³/mol. The van der Waals surface area contributed by atoms with Gasteiger partial charge in [0.15, 0.2) is 0 Å². The van der Waals surface area contributed by atoms with Crippen molar-refractivity contribution >= 4 is 22.7 Å². The van der Waals surface area contributed by atoms with E-state index >= 15 is 0 Å². The summed E-state index contributed by atoms with van der Waals surface area (Å²) >= 11 is 0. The normalized spacial score (nSPS) is 12.4. The molecular weight excluding hydrogens is 470 g/mol. The number of nitro benzene ring substituents is 3. The van der Waals surface area contributed by atoms with E-state index in [2.05, 4.69) is 54.0 Å². The number of pyridine rings is 1. The van der Waals surface area contributed by atoms with E-state index in [-0.39, 0.29) is 0 Å². The molecule has 0 bridgehead atoms. The second-order valence-corrected chi connectivity index (χ2v) is 8.39. The summed E-state index contributed by atoms with van der Waals surface area (Å²) in [4.78, 5) is 32.5. The SMILES string of the molecule is Cc1ccn2cc(-c3ccc4c(c3)CCCC4)nc2c1.O=[N+]([O-])c1cc([N+](=O)[O-])c(O)c([N+](=O)[O-])c1. The molecule has 1 aliphatic rings. The minimum atomic E-state index is -1.21. The molecule has 2 aromatic heterocycles. The summed E-state index contributed by atoms with van der Waals surface area (Å²) in [5.41, 5.74) is 4.63. The first-order valence-corrected chi connectivity index (χ1v) is 11.0. The van der Waals surface area contributed by atoms with Gasteiger partial charge in [-0.1, -0.05) is 12.1 Å². The Balaban J connectivity index is 0.000000175. The lowest BCUT2D eigenvalue weighted by atomic mass is 9.90. The number of aryl methyl sites for hydroxylation is 3. The summed E-state index contributed by atoms with van der Waals surface area (Å²) in [5.74, 6) is -1.21.